The van der Waals surface area contributed by atoms with Gasteiger partial charge in [0.15, 0.2) is 5.65 Å². The minimum atomic E-state index is 0. The van der Waals surface area contributed by atoms with Crippen molar-refractivity contribution in [2.24, 2.45) is 0 Å². The van der Waals surface area contributed by atoms with Crippen molar-refractivity contribution in [2.75, 3.05) is 5.32 Å². The van der Waals surface area contributed by atoms with Crippen LogP contribution in [0.25, 0.3) is 16.7 Å². The van der Waals surface area contributed by atoms with E-state index in [1.165, 1.54) is 11.1 Å². The van der Waals surface area contributed by atoms with Gasteiger partial charge in [-0.05, 0) is 35.7 Å². The number of imidazole rings is 1. The molecule has 5 heteroatoms. The van der Waals surface area contributed by atoms with E-state index in [-0.39, 0.29) is 5.48 Å². The average molecular weight is 421 g/mol. The fraction of sp³-hybridized carbons (Fsp3) is 0.111. The summed E-state index contributed by atoms with van der Waals surface area (Å²) < 4.78 is 2.11. The first kappa shape index (κ1) is 21.1. The number of anilines is 1. The van der Waals surface area contributed by atoms with E-state index in [2.05, 4.69) is 58.3 Å². The molecule has 158 valence electrons. The average Bonchev–Trinajstić information content (AvgIpc) is 3.19. The zero-order chi connectivity index (χ0) is 21.2. The second kappa shape index (κ2) is 8.93. The molecule has 32 heavy (non-hydrogen) atoms. The van der Waals surface area contributed by atoms with E-state index >= 15 is 0 Å². The summed E-state index contributed by atoms with van der Waals surface area (Å²) in [6.45, 7) is 2.72. The summed E-state index contributed by atoms with van der Waals surface area (Å²) in [5.41, 5.74) is 7.73. The molecule has 5 nitrogen and oxygen atoms in total. The number of nitrogens with one attached hydrogen (secondary N) is 1. The summed E-state index contributed by atoms with van der Waals surface area (Å²) in [5, 5.41) is 13.7. The summed E-state index contributed by atoms with van der Waals surface area (Å²) >= 11 is 0. The molecule has 0 aliphatic carbocycles. The Morgan fingerprint density at radius 3 is 2.19 bits per heavy atom. The number of para-hydroxylation sites is 2. The van der Waals surface area contributed by atoms with E-state index in [1.54, 1.807) is 0 Å². The molecule has 5 rings (SSSR count). The molecule has 0 amide bonds. The fourth-order valence-electron chi connectivity index (χ4n) is 4.17. The van der Waals surface area contributed by atoms with Crippen LogP contribution < -0.4 is 5.32 Å². The molecule has 3 N–H and O–H groups in total. The summed E-state index contributed by atoms with van der Waals surface area (Å²) in [7, 11) is 0. The van der Waals surface area contributed by atoms with Gasteiger partial charge < -0.3 is 10.8 Å². The van der Waals surface area contributed by atoms with Crippen LogP contribution in [0.5, 0.6) is 0 Å². The SMILES string of the molecule is Cc1c(Cc2ccccc2)c(NCc2ccccc2)n2c(nc3ccccc32)c1C#N.O. The molecular formula is C27H24N4O. The number of benzene rings is 3. The van der Waals surface area contributed by atoms with Crippen molar-refractivity contribution >= 4 is 22.5 Å². The summed E-state index contributed by atoms with van der Waals surface area (Å²) in [5.74, 6) is 0.993. The quantitative estimate of drug-likeness (QED) is 0.432. The topological polar surface area (TPSA) is 84.6 Å². The first-order chi connectivity index (χ1) is 15.3. The van der Waals surface area contributed by atoms with Crippen molar-refractivity contribution in [2.45, 2.75) is 19.9 Å². The van der Waals surface area contributed by atoms with Crippen LogP contribution in [0.4, 0.5) is 5.82 Å². The predicted octanol–water partition coefficient (Wildman–Crippen LogP) is 5.05. The zero-order valence-corrected chi connectivity index (χ0v) is 17.8. The van der Waals surface area contributed by atoms with Gasteiger partial charge in [-0.25, -0.2) is 4.98 Å². The van der Waals surface area contributed by atoms with Crippen LogP contribution in [-0.4, -0.2) is 14.9 Å². The van der Waals surface area contributed by atoms with Gasteiger partial charge in [0.2, 0.25) is 0 Å². The molecular weight excluding hydrogens is 396 g/mol. The molecule has 3 aromatic carbocycles. The van der Waals surface area contributed by atoms with Gasteiger partial charge in [0.05, 0.1) is 16.6 Å². The van der Waals surface area contributed by atoms with Crippen LogP contribution in [0.2, 0.25) is 0 Å². The van der Waals surface area contributed by atoms with Crippen LogP contribution in [-0.2, 0) is 13.0 Å². The zero-order valence-electron chi connectivity index (χ0n) is 17.8. The van der Waals surface area contributed by atoms with Crippen LogP contribution in [0.1, 0.15) is 27.8 Å². The number of hydrogen-bond donors (Lipinski definition) is 1. The maximum absolute atomic E-state index is 10.0. The lowest BCUT2D eigenvalue weighted by molar-refractivity contribution is 0.824. The van der Waals surface area contributed by atoms with Gasteiger partial charge in [-0.3, -0.25) is 4.40 Å². The lowest BCUT2D eigenvalue weighted by Gasteiger charge is -2.19. The summed E-state index contributed by atoms with van der Waals surface area (Å²) in [6.07, 6.45) is 0.737. The highest BCUT2D eigenvalue weighted by Crippen LogP contribution is 2.32. The highest BCUT2D eigenvalue weighted by molar-refractivity contribution is 5.86. The Balaban J connectivity index is 0.00000245. The maximum atomic E-state index is 10.0. The third kappa shape index (κ3) is 3.68. The second-order valence-electron chi connectivity index (χ2n) is 7.70. The van der Waals surface area contributed by atoms with Crippen molar-refractivity contribution in [3.8, 4) is 6.07 Å². The summed E-state index contributed by atoms with van der Waals surface area (Å²) in [4.78, 5) is 4.81. The first-order valence-electron chi connectivity index (χ1n) is 10.4. The second-order valence-corrected chi connectivity index (χ2v) is 7.70. The van der Waals surface area contributed by atoms with Crippen molar-refractivity contribution in [1.82, 2.24) is 9.38 Å². The molecule has 5 aromatic rings. The minimum absolute atomic E-state index is 0. The van der Waals surface area contributed by atoms with Crippen LogP contribution in [0, 0.1) is 18.3 Å². The van der Waals surface area contributed by atoms with Gasteiger partial charge in [0.25, 0.3) is 0 Å². The van der Waals surface area contributed by atoms with E-state index in [0.717, 1.165) is 34.4 Å². The van der Waals surface area contributed by atoms with Gasteiger partial charge in [-0.15, -0.1) is 0 Å². The third-order valence-electron chi connectivity index (χ3n) is 5.76. The van der Waals surface area contributed by atoms with Crippen molar-refractivity contribution < 1.29 is 5.48 Å². The molecule has 0 bridgehead atoms. The molecule has 0 saturated heterocycles. The van der Waals surface area contributed by atoms with Gasteiger partial charge in [-0.1, -0.05) is 72.8 Å². The van der Waals surface area contributed by atoms with Crippen LogP contribution in [0.3, 0.4) is 0 Å². The van der Waals surface area contributed by atoms with Crippen LogP contribution in [0.15, 0.2) is 84.9 Å². The monoisotopic (exact) mass is 420 g/mol. The molecule has 0 fully saturated rings. The Morgan fingerprint density at radius 2 is 1.50 bits per heavy atom. The first-order valence-corrected chi connectivity index (χ1v) is 10.4. The lowest BCUT2D eigenvalue weighted by atomic mass is 9.97. The minimum Gasteiger partial charge on any atom is -0.412 e. The number of nitriles is 1. The third-order valence-corrected chi connectivity index (χ3v) is 5.76. The smallest absolute Gasteiger partial charge is 0.157 e. The predicted molar refractivity (Wildman–Crippen MR) is 129 cm³/mol. The Morgan fingerprint density at radius 1 is 0.875 bits per heavy atom. The standard InChI is InChI=1S/C27H22N4.H2O/c1-19-22(16-20-10-4-2-5-11-20)26(29-18-21-12-6-3-7-13-21)31-25-15-9-8-14-24(25)30-27(31)23(19)17-28;/h2-15,29H,16,18H2,1H3;1H2. The fourth-order valence-corrected chi connectivity index (χ4v) is 4.17. The number of rotatable bonds is 5. The number of nitrogens with zero attached hydrogens (tertiary/aromatic N) is 3. The maximum Gasteiger partial charge on any atom is 0.157 e. The van der Waals surface area contributed by atoms with E-state index in [0.29, 0.717) is 17.8 Å². The van der Waals surface area contributed by atoms with E-state index < -0.39 is 0 Å². The van der Waals surface area contributed by atoms with E-state index in [4.69, 9.17) is 4.98 Å². The number of aromatic nitrogens is 2. The highest BCUT2D eigenvalue weighted by Gasteiger charge is 2.20. The molecule has 0 atom stereocenters. The molecule has 0 spiro atoms. The van der Waals surface area contributed by atoms with Gasteiger partial charge in [0.1, 0.15) is 11.9 Å². The Kier molecular flexibility index (Phi) is 5.89. The summed E-state index contributed by atoms with van der Waals surface area (Å²) in [6, 6.07) is 31.2. The number of hydrogen-bond acceptors (Lipinski definition) is 3. The van der Waals surface area contributed by atoms with Crippen LogP contribution >= 0.6 is 0 Å². The van der Waals surface area contributed by atoms with E-state index in [9.17, 15) is 5.26 Å². The molecule has 2 aromatic heterocycles. The Hall–Kier alpha value is -4.14. The Bertz CT molecular complexity index is 1420. The van der Waals surface area contributed by atoms with Crippen molar-refractivity contribution in [3.63, 3.8) is 0 Å². The van der Waals surface area contributed by atoms with Gasteiger partial charge in [-0.2, -0.15) is 5.26 Å². The van der Waals surface area contributed by atoms with Crippen molar-refractivity contribution in [1.29, 1.82) is 5.26 Å². The molecule has 0 saturated carbocycles. The molecule has 0 aliphatic heterocycles. The van der Waals surface area contributed by atoms with Gasteiger partial charge in [0, 0.05) is 18.5 Å². The normalized spacial score (nSPS) is 10.6. The number of fused-ring (bicyclic) bond motifs is 3. The number of pyridine rings is 1. The van der Waals surface area contributed by atoms with Gasteiger partial charge >= 0.3 is 0 Å². The van der Waals surface area contributed by atoms with Crippen molar-refractivity contribution in [3.05, 3.63) is 113 Å². The molecule has 0 aliphatic rings. The highest BCUT2D eigenvalue weighted by atomic mass is 16.0. The molecule has 2 heterocycles. The molecule has 0 radical (unpaired) electrons. The van der Waals surface area contributed by atoms with E-state index in [1.807, 2.05) is 49.4 Å². The lowest BCUT2D eigenvalue weighted by Crippen LogP contribution is -2.11. The Labute approximate surface area is 186 Å². The largest absolute Gasteiger partial charge is 0.412 e. The molecule has 0 unspecified atom stereocenters.